The molecule has 18 heavy (non-hydrogen) atoms. The van der Waals surface area contributed by atoms with Crippen molar-refractivity contribution in [2.24, 2.45) is 5.92 Å². The number of aliphatic hydroxyl groups is 1. The van der Waals surface area contributed by atoms with Crippen molar-refractivity contribution >= 4 is 0 Å². The molecule has 0 amide bonds. The third-order valence-corrected chi connectivity index (χ3v) is 4.25. The molecule has 1 unspecified atom stereocenters. The Morgan fingerprint density at radius 3 is 2.50 bits per heavy atom. The topological polar surface area (TPSA) is 59.2 Å². The summed E-state index contributed by atoms with van der Waals surface area (Å²) in [6.07, 6.45) is 10.1. The van der Waals surface area contributed by atoms with Crippen LogP contribution in [0.25, 0.3) is 0 Å². The van der Waals surface area contributed by atoms with E-state index < -0.39 is 0 Å². The highest BCUT2D eigenvalue weighted by atomic mass is 16.5. The molecule has 1 atom stereocenters. The van der Waals surface area contributed by atoms with Gasteiger partial charge in [-0.1, -0.05) is 30.8 Å². The van der Waals surface area contributed by atoms with Gasteiger partial charge in [-0.3, -0.25) is 0 Å². The smallest absolute Gasteiger partial charge is 0.229 e. The zero-order valence-corrected chi connectivity index (χ0v) is 10.8. The van der Waals surface area contributed by atoms with Crippen LogP contribution in [0.3, 0.4) is 0 Å². The zero-order chi connectivity index (χ0) is 12.4. The van der Waals surface area contributed by atoms with E-state index in [1.807, 2.05) is 0 Å². The molecule has 1 aromatic rings. The van der Waals surface area contributed by atoms with Gasteiger partial charge >= 0.3 is 0 Å². The van der Waals surface area contributed by atoms with Gasteiger partial charge in [-0.25, -0.2) is 0 Å². The van der Waals surface area contributed by atoms with Crippen molar-refractivity contribution in [3.63, 3.8) is 0 Å². The first-order valence-corrected chi connectivity index (χ1v) is 7.33. The lowest BCUT2D eigenvalue weighted by atomic mass is 10.00. The van der Waals surface area contributed by atoms with Gasteiger partial charge in [0.2, 0.25) is 5.89 Å². The number of aromatic nitrogens is 2. The van der Waals surface area contributed by atoms with Gasteiger partial charge in [0.25, 0.3) is 0 Å². The van der Waals surface area contributed by atoms with Crippen LogP contribution in [-0.2, 0) is 6.42 Å². The van der Waals surface area contributed by atoms with Crippen molar-refractivity contribution in [3.05, 3.63) is 11.7 Å². The third kappa shape index (κ3) is 2.91. The van der Waals surface area contributed by atoms with Crippen molar-refractivity contribution in [2.75, 3.05) is 0 Å². The van der Waals surface area contributed by atoms with E-state index in [2.05, 4.69) is 10.1 Å². The summed E-state index contributed by atoms with van der Waals surface area (Å²) in [7, 11) is 0. The van der Waals surface area contributed by atoms with Crippen LogP contribution >= 0.6 is 0 Å². The third-order valence-electron chi connectivity index (χ3n) is 4.25. The van der Waals surface area contributed by atoms with Crippen LogP contribution in [0, 0.1) is 5.92 Å². The summed E-state index contributed by atoms with van der Waals surface area (Å²) in [5.41, 5.74) is 0. The second-order valence-corrected chi connectivity index (χ2v) is 5.84. The van der Waals surface area contributed by atoms with Gasteiger partial charge < -0.3 is 9.63 Å². The van der Waals surface area contributed by atoms with Crippen LogP contribution in [0.5, 0.6) is 0 Å². The highest BCUT2D eigenvalue weighted by molar-refractivity contribution is 4.98. The summed E-state index contributed by atoms with van der Waals surface area (Å²) < 4.78 is 5.29. The molecule has 2 aliphatic carbocycles. The van der Waals surface area contributed by atoms with Crippen molar-refractivity contribution in [3.8, 4) is 0 Å². The lowest BCUT2D eigenvalue weighted by molar-refractivity contribution is 0.140. The number of nitrogens with zero attached hydrogens (tertiary/aromatic N) is 2. The average molecular weight is 250 g/mol. The number of rotatable bonds is 4. The molecule has 2 saturated carbocycles. The average Bonchev–Trinajstić information content (AvgIpc) is 3.16. The van der Waals surface area contributed by atoms with E-state index in [1.54, 1.807) is 0 Å². The quantitative estimate of drug-likeness (QED) is 0.835. The van der Waals surface area contributed by atoms with E-state index in [0.29, 0.717) is 24.1 Å². The molecular formula is C14H22N2O2. The molecule has 0 saturated heterocycles. The minimum atomic E-state index is -0.285. The normalized spacial score (nSPS) is 23.8. The first-order valence-electron chi connectivity index (χ1n) is 7.33. The van der Waals surface area contributed by atoms with E-state index in [9.17, 15) is 5.11 Å². The molecular weight excluding hydrogens is 228 g/mol. The van der Waals surface area contributed by atoms with Crippen molar-refractivity contribution in [1.29, 1.82) is 0 Å². The summed E-state index contributed by atoms with van der Waals surface area (Å²) in [6, 6.07) is 0. The fourth-order valence-electron chi connectivity index (χ4n) is 2.88. The van der Waals surface area contributed by atoms with Crippen LogP contribution in [0.2, 0.25) is 0 Å². The molecule has 0 aromatic carbocycles. The van der Waals surface area contributed by atoms with Gasteiger partial charge in [-0.05, 0) is 31.6 Å². The molecule has 2 aliphatic rings. The Kier molecular flexibility index (Phi) is 3.64. The molecule has 0 spiro atoms. The van der Waals surface area contributed by atoms with E-state index in [-0.39, 0.29) is 6.10 Å². The molecule has 2 fully saturated rings. The summed E-state index contributed by atoms with van der Waals surface area (Å²) >= 11 is 0. The molecule has 4 nitrogen and oxygen atoms in total. The Balaban J connectivity index is 1.60. The molecule has 0 radical (unpaired) electrons. The zero-order valence-electron chi connectivity index (χ0n) is 10.8. The SMILES string of the molecule is OC(Cc1nc(C2CCCCCC2)no1)C1CC1. The largest absolute Gasteiger partial charge is 0.392 e. The molecule has 4 heteroatoms. The summed E-state index contributed by atoms with van der Waals surface area (Å²) in [6.45, 7) is 0. The lowest BCUT2D eigenvalue weighted by Crippen LogP contribution is -2.13. The Morgan fingerprint density at radius 2 is 1.83 bits per heavy atom. The molecule has 3 rings (SSSR count). The minimum Gasteiger partial charge on any atom is -0.392 e. The number of hydrogen-bond acceptors (Lipinski definition) is 4. The maximum absolute atomic E-state index is 9.88. The Bertz CT molecular complexity index is 379. The van der Waals surface area contributed by atoms with Crippen molar-refractivity contribution in [2.45, 2.75) is 69.8 Å². The maximum atomic E-state index is 9.88. The number of aliphatic hydroxyl groups excluding tert-OH is 1. The van der Waals surface area contributed by atoms with Gasteiger partial charge in [0.15, 0.2) is 5.82 Å². The highest BCUT2D eigenvalue weighted by Gasteiger charge is 2.31. The molecule has 0 bridgehead atoms. The van der Waals surface area contributed by atoms with Gasteiger partial charge in [0.05, 0.1) is 12.5 Å². The van der Waals surface area contributed by atoms with Crippen molar-refractivity contribution < 1.29 is 9.63 Å². The standard InChI is InChI=1S/C14H22N2O2/c17-12(10-7-8-10)9-13-15-14(16-18-13)11-5-3-1-2-4-6-11/h10-12,17H,1-9H2. The molecule has 100 valence electrons. The van der Waals surface area contributed by atoms with E-state index >= 15 is 0 Å². The minimum absolute atomic E-state index is 0.285. The first kappa shape index (κ1) is 12.2. The Labute approximate surface area is 108 Å². The van der Waals surface area contributed by atoms with Crippen molar-refractivity contribution in [1.82, 2.24) is 10.1 Å². The summed E-state index contributed by atoms with van der Waals surface area (Å²) in [5.74, 6) is 2.44. The Hall–Kier alpha value is -0.900. The molecule has 1 N–H and O–H groups in total. The fourth-order valence-corrected chi connectivity index (χ4v) is 2.88. The van der Waals surface area contributed by atoms with Gasteiger partial charge in [0.1, 0.15) is 0 Å². The second kappa shape index (κ2) is 5.39. The van der Waals surface area contributed by atoms with Crippen LogP contribution in [-0.4, -0.2) is 21.4 Å². The van der Waals surface area contributed by atoms with Gasteiger partial charge in [-0.15, -0.1) is 0 Å². The van der Waals surface area contributed by atoms with E-state index in [1.165, 1.54) is 38.5 Å². The second-order valence-electron chi connectivity index (χ2n) is 5.84. The van der Waals surface area contributed by atoms with E-state index in [4.69, 9.17) is 4.52 Å². The molecule has 0 aliphatic heterocycles. The molecule has 1 aromatic heterocycles. The predicted octanol–water partition coefficient (Wildman–Crippen LogP) is 2.82. The van der Waals surface area contributed by atoms with Gasteiger partial charge in [-0.2, -0.15) is 4.98 Å². The maximum Gasteiger partial charge on any atom is 0.229 e. The lowest BCUT2D eigenvalue weighted by Gasteiger charge is -2.07. The van der Waals surface area contributed by atoms with Gasteiger partial charge in [0, 0.05) is 5.92 Å². The monoisotopic (exact) mass is 250 g/mol. The fraction of sp³-hybridized carbons (Fsp3) is 0.857. The Morgan fingerprint density at radius 1 is 1.11 bits per heavy atom. The number of hydrogen-bond donors (Lipinski definition) is 1. The summed E-state index contributed by atoms with van der Waals surface area (Å²) in [4.78, 5) is 4.49. The predicted molar refractivity (Wildman–Crippen MR) is 67.2 cm³/mol. The van der Waals surface area contributed by atoms with Crippen LogP contribution < -0.4 is 0 Å². The first-order chi connectivity index (χ1) is 8.83. The van der Waals surface area contributed by atoms with E-state index in [0.717, 1.165) is 18.7 Å². The summed E-state index contributed by atoms with van der Waals surface area (Å²) in [5, 5.41) is 14.0. The van der Waals surface area contributed by atoms with Crippen LogP contribution in [0.1, 0.15) is 69.0 Å². The van der Waals surface area contributed by atoms with Crippen LogP contribution in [0.15, 0.2) is 4.52 Å². The highest BCUT2D eigenvalue weighted by Crippen LogP contribution is 2.34. The van der Waals surface area contributed by atoms with Crippen LogP contribution in [0.4, 0.5) is 0 Å². The molecule has 1 heterocycles.